The minimum absolute atomic E-state index is 0.0937. The number of halogens is 1. The maximum Gasteiger partial charge on any atom is 0.242 e. The van der Waals surface area contributed by atoms with E-state index in [1.807, 2.05) is 19.0 Å². The highest BCUT2D eigenvalue weighted by atomic mass is 35.5. The van der Waals surface area contributed by atoms with Crippen LogP contribution in [0.1, 0.15) is 12.0 Å². The van der Waals surface area contributed by atoms with Gasteiger partial charge in [0.2, 0.25) is 10.0 Å². The average Bonchev–Trinajstić information content (AvgIpc) is 2.34. The van der Waals surface area contributed by atoms with Crippen LogP contribution in [-0.2, 0) is 16.6 Å². The normalized spacial score (nSPS) is 12.1. The molecule has 108 valence electrons. The third kappa shape index (κ3) is 5.08. The van der Waals surface area contributed by atoms with Crippen molar-refractivity contribution in [2.24, 2.45) is 5.73 Å². The van der Waals surface area contributed by atoms with Crippen LogP contribution in [0.4, 0.5) is 0 Å². The van der Waals surface area contributed by atoms with Crippen LogP contribution in [0.2, 0.25) is 5.02 Å². The van der Waals surface area contributed by atoms with E-state index in [1.54, 1.807) is 12.1 Å². The van der Waals surface area contributed by atoms with Gasteiger partial charge in [-0.15, -0.1) is 0 Å². The molecule has 0 aliphatic carbocycles. The molecule has 3 N–H and O–H groups in total. The molecule has 5 nitrogen and oxygen atoms in total. The quantitative estimate of drug-likeness (QED) is 0.738. The number of hydrogen-bond acceptors (Lipinski definition) is 4. The van der Waals surface area contributed by atoms with Crippen molar-refractivity contribution in [3.63, 3.8) is 0 Å². The summed E-state index contributed by atoms with van der Waals surface area (Å²) < 4.78 is 26.7. The lowest BCUT2D eigenvalue weighted by Gasteiger charge is -2.11. The Hall–Kier alpha value is -0.660. The molecule has 0 unspecified atom stereocenters. The lowest BCUT2D eigenvalue weighted by atomic mass is 10.2. The highest BCUT2D eigenvalue weighted by Crippen LogP contribution is 2.22. The number of rotatable bonds is 7. The Bertz CT molecular complexity index is 518. The monoisotopic (exact) mass is 305 g/mol. The van der Waals surface area contributed by atoms with Gasteiger partial charge < -0.3 is 10.6 Å². The van der Waals surface area contributed by atoms with E-state index in [4.69, 9.17) is 17.3 Å². The summed E-state index contributed by atoms with van der Waals surface area (Å²) >= 11 is 5.97. The SMILES string of the molecule is CN(C)CCCNS(=O)(=O)c1ccc(CN)cc1Cl. The Morgan fingerprint density at radius 1 is 1.37 bits per heavy atom. The van der Waals surface area contributed by atoms with Gasteiger partial charge in [-0.2, -0.15) is 0 Å². The summed E-state index contributed by atoms with van der Waals surface area (Å²) in [7, 11) is 0.328. The molecular formula is C12H20ClN3O2S. The summed E-state index contributed by atoms with van der Waals surface area (Å²) in [6.07, 6.45) is 0.741. The van der Waals surface area contributed by atoms with Gasteiger partial charge in [-0.3, -0.25) is 0 Å². The molecule has 0 aliphatic heterocycles. The minimum Gasteiger partial charge on any atom is -0.326 e. The van der Waals surface area contributed by atoms with Gasteiger partial charge in [0.05, 0.1) is 5.02 Å². The predicted octanol–water partition coefficient (Wildman–Crippen LogP) is 1.03. The molecular weight excluding hydrogens is 286 g/mol. The summed E-state index contributed by atoms with van der Waals surface area (Å²) in [6.45, 7) is 1.54. The van der Waals surface area contributed by atoms with Gasteiger partial charge in [0.15, 0.2) is 0 Å². The molecule has 0 aromatic heterocycles. The molecule has 0 heterocycles. The summed E-state index contributed by atoms with van der Waals surface area (Å²) in [6, 6.07) is 4.73. The van der Waals surface area contributed by atoms with Gasteiger partial charge in [0, 0.05) is 13.1 Å². The van der Waals surface area contributed by atoms with Crippen molar-refractivity contribution < 1.29 is 8.42 Å². The van der Waals surface area contributed by atoms with Gasteiger partial charge >= 0.3 is 0 Å². The summed E-state index contributed by atoms with van der Waals surface area (Å²) in [5.41, 5.74) is 6.28. The summed E-state index contributed by atoms with van der Waals surface area (Å²) in [5.74, 6) is 0. The first-order valence-electron chi connectivity index (χ1n) is 5.99. The maximum atomic E-state index is 12.1. The fourth-order valence-corrected chi connectivity index (χ4v) is 3.21. The van der Waals surface area contributed by atoms with Crippen LogP contribution < -0.4 is 10.5 Å². The molecule has 0 atom stereocenters. The zero-order chi connectivity index (χ0) is 14.5. The first kappa shape index (κ1) is 16.4. The van der Waals surface area contributed by atoms with Crippen LogP contribution in [0, 0.1) is 0 Å². The number of sulfonamides is 1. The molecule has 0 fully saturated rings. The number of benzene rings is 1. The first-order chi connectivity index (χ1) is 8.86. The zero-order valence-corrected chi connectivity index (χ0v) is 12.8. The number of hydrogen-bond donors (Lipinski definition) is 2. The smallest absolute Gasteiger partial charge is 0.242 e. The Morgan fingerprint density at radius 2 is 2.05 bits per heavy atom. The Labute approximate surface area is 119 Å². The van der Waals surface area contributed by atoms with E-state index in [1.165, 1.54) is 6.07 Å². The second-order valence-corrected chi connectivity index (χ2v) is 6.67. The lowest BCUT2D eigenvalue weighted by molar-refractivity contribution is 0.400. The Balaban J connectivity index is 2.72. The van der Waals surface area contributed by atoms with E-state index in [-0.39, 0.29) is 9.92 Å². The predicted molar refractivity (Wildman–Crippen MR) is 77.7 cm³/mol. The summed E-state index contributed by atoms with van der Waals surface area (Å²) in [5, 5.41) is 0.197. The second kappa shape index (κ2) is 7.21. The van der Waals surface area contributed by atoms with Crippen molar-refractivity contribution >= 4 is 21.6 Å². The van der Waals surface area contributed by atoms with Crippen LogP contribution in [0.25, 0.3) is 0 Å². The molecule has 0 saturated carbocycles. The van der Waals surface area contributed by atoms with Crippen LogP contribution in [0.5, 0.6) is 0 Å². The zero-order valence-electron chi connectivity index (χ0n) is 11.2. The molecule has 1 aromatic rings. The van der Waals surface area contributed by atoms with E-state index < -0.39 is 10.0 Å². The van der Waals surface area contributed by atoms with Gasteiger partial charge in [-0.05, 0) is 44.8 Å². The average molecular weight is 306 g/mol. The number of nitrogens with one attached hydrogen (secondary N) is 1. The molecule has 0 radical (unpaired) electrons. The van der Waals surface area contributed by atoms with Crippen molar-refractivity contribution in [2.45, 2.75) is 17.9 Å². The van der Waals surface area contributed by atoms with E-state index in [2.05, 4.69) is 4.72 Å². The van der Waals surface area contributed by atoms with E-state index in [0.29, 0.717) is 13.1 Å². The standard InChI is InChI=1S/C12H20ClN3O2S/c1-16(2)7-3-6-15-19(17,18)12-5-4-10(9-14)8-11(12)13/h4-5,8,15H,3,6-7,9,14H2,1-2H3. The molecule has 1 rings (SSSR count). The van der Waals surface area contributed by atoms with Crippen molar-refractivity contribution in [1.82, 2.24) is 9.62 Å². The molecule has 0 aliphatic rings. The van der Waals surface area contributed by atoms with Gasteiger partial charge in [-0.25, -0.2) is 13.1 Å². The topological polar surface area (TPSA) is 75.4 Å². The Morgan fingerprint density at radius 3 is 2.58 bits per heavy atom. The largest absolute Gasteiger partial charge is 0.326 e. The van der Waals surface area contributed by atoms with Crippen LogP contribution >= 0.6 is 11.6 Å². The fraction of sp³-hybridized carbons (Fsp3) is 0.500. The van der Waals surface area contributed by atoms with E-state index in [0.717, 1.165) is 18.5 Å². The number of nitrogens with two attached hydrogens (primary N) is 1. The molecule has 19 heavy (non-hydrogen) atoms. The highest BCUT2D eigenvalue weighted by Gasteiger charge is 2.17. The molecule has 0 amide bonds. The first-order valence-corrected chi connectivity index (χ1v) is 7.86. The van der Waals surface area contributed by atoms with Crippen LogP contribution in [0.15, 0.2) is 23.1 Å². The van der Waals surface area contributed by atoms with Gasteiger partial charge in [0.1, 0.15) is 4.90 Å². The number of nitrogens with zero attached hydrogens (tertiary/aromatic N) is 1. The third-order valence-electron chi connectivity index (χ3n) is 2.60. The molecule has 0 bridgehead atoms. The molecule has 1 aromatic carbocycles. The van der Waals surface area contributed by atoms with Crippen LogP contribution in [-0.4, -0.2) is 40.5 Å². The highest BCUT2D eigenvalue weighted by molar-refractivity contribution is 7.89. The van der Waals surface area contributed by atoms with E-state index >= 15 is 0 Å². The lowest BCUT2D eigenvalue weighted by Crippen LogP contribution is -2.27. The summed E-state index contributed by atoms with van der Waals surface area (Å²) in [4.78, 5) is 2.09. The van der Waals surface area contributed by atoms with Gasteiger partial charge in [0.25, 0.3) is 0 Å². The maximum absolute atomic E-state index is 12.1. The van der Waals surface area contributed by atoms with E-state index in [9.17, 15) is 8.42 Å². The van der Waals surface area contributed by atoms with Crippen molar-refractivity contribution in [2.75, 3.05) is 27.2 Å². The molecule has 0 spiro atoms. The van der Waals surface area contributed by atoms with Crippen molar-refractivity contribution in [3.05, 3.63) is 28.8 Å². The Kier molecular flexibility index (Phi) is 6.22. The third-order valence-corrected chi connectivity index (χ3v) is 4.54. The van der Waals surface area contributed by atoms with Crippen LogP contribution in [0.3, 0.4) is 0 Å². The molecule has 7 heteroatoms. The minimum atomic E-state index is -3.56. The van der Waals surface area contributed by atoms with Gasteiger partial charge in [-0.1, -0.05) is 17.7 Å². The van der Waals surface area contributed by atoms with Crippen molar-refractivity contribution in [3.8, 4) is 0 Å². The fourth-order valence-electron chi connectivity index (χ4n) is 1.57. The second-order valence-electron chi connectivity index (χ2n) is 4.52. The van der Waals surface area contributed by atoms with Crippen molar-refractivity contribution in [1.29, 1.82) is 0 Å². The molecule has 0 saturated heterocycles.